The van der Waals surface area contributed by atoms with Crippen molar-refractivity contribution < 1.29 is 9.90 Å². The molecule has 0 aliphatic carbocycles. The molecule has 1 fully saturated rings. The van der Waals surface area contributed by atoms with E-state index in [9.17, 15) is 9.90 Å². The monoisotopic (exact) mass is 360 g/mol. The number of hydrogen-bond donors (Lipinski definition) is 2. The molecule has 1 atom stereocenters. The van der Waals surface area contributed by atoms with Crippen molar-refractivity contribution in [1.29, 1.82) is 0 Å². The fraction of sp³-hybridized carbons (Fsp3) is 0.444. The zero-order valence-electron chi connectivity index (χ0n) is 14.4. The fourth-order valence-electron chi connectivity index (χ4n) is 3.03. The van der Waals surface area contributed by atoms with E-state index in [-0.39, 0.29) is 18.7 Å². The molecular formula is C18H24N4O2S. The first-order valence-corrected chi connectivity index (χ1v) is 9.45. The van der Waals surface area contributed by atoms with Gasteiger partial charge in [0.25, 0.3) is 0 Å². The molecule has 0 bridgehead atoms. The molecule has 1 aromatic heterocycles. The molecule has 0 unspecified atom stereocenters. The number of amides is 2. The summed E-state index contributed by atoms with van der Waals surface area (Å²) in [5, 5.41) is 12.9. The molecule has 1 saturated heterocycles. The third kappa shape index (κ3) is 4.36. The largest absolute Gasteiger partial charge is 0.395 e. The van der Waals surface area contributed by atoms with Crippen LogP contribution in [0, 0.1) is 0 Å². The summed E-state index contributed by atoms with van der Waals surface area (Å²) in [6.45, 7) is 5.16. The van der Waals surface area contributed by atoms with Gasteiger partial charge in [0.15, 0.2) is 5.13 Å². The molecule has 2 N–H and O–H groups in total. The minimum atomic E-state index is -0.106. The van der Waals surface area contributed by atoms with E-state index in [0.717, 1.165) is 30.0 Å². The van der Waals surface area contributed by atoms with E-state index < -0.39 is 0 Å². The number of nitrogens with one attached hydrogen (secondary N) is 1. The molecule has 7 heteroatoms. The van der Waals surface area contributed by atoms with Crippen molar-refractivity contribution in [3.8, 4) is 10.4 Å². The smallest absolute Gasteiger partial charge is 0.323 e. The maximum Gasteiger partial charge on any atom is 0.323 e. The number of hydrogen-bond acceptors (Lipinski definition) is 5. The highest BCUT2D eigenvalue weighted by Gasteiger charge is 2.25. The topological polar surface area (TPSA) is 68.7 Å². The number of urea groups is 1. The predicted molar refractivity (Wildman–Crippen MR) is 101 cm³/mol. The number of aromatic nitrogens is 1. The number of carbonyl (C=O) groups is 1. The summed E-state index contributed by atoms with van der Waals surface area (Å²) >= 11 is 1.48. The van der Waals surface area contributed by atoms with Crippen LogP contribution in [-0.2, 0) is 0 Å². The summed E-state index contributed by atoms with van der Waals surface area (Å²) in [5.41, 5.74) is 1.10. The number of aliphatic hydroxyl groups excluding tert-OH is 1. The molecule has 2 aromatic rings. The first-order chi connectivity index (χ1) is 12.2. The van der Waals surface area contributed by atoms with Crippen LogP contribution in [-0.4, -0.2) is 64.7 Å². The molecule has 6 nitrogen and oxygen atoms in total. The maximum atomic E-state index is 12.4. The van der Waals surface area contributed by atoms with E-state index in [1.165, 1.54) is 11.3 Å². The van der Waals surface area contributed by atoms with Gasteiger partial charge in [-0.05, 0) is 12.0 Å². The van der Waals surface area contributed by atoms with E-state index in [1.807, 2.05) is 35.2 Å². The summed E-state index contributed by atoms with van der Waals surface area (Å²) in [5.74, 6) is 0. The van der Waals surface area contributed by atoms with E-state index in [2.05, 4.69) is 22.1 Å². The Kier molecular flexibility index (Phi) is 6.01. The van der Waals surface area contributed by atoms with Crippen molar-refractivity contribution in [3.05, 3.63) is 36.5 Å². The van der Waals surface area contributed by atoms with Crippen LogP contribution >= 0.6 is 11.3 Å². The average Bonchev–Trinajstić information content (AvgIpc) is 3.12. The van der Waals surface area contributed by atoms with Gasteiger partial charge in [0.1, 0.15) is 0 Å². The number of rotatable bonds is 5. The Balaban J connectivity index is 1.54. The Morgan fingerprint density at radius 2 is 2.00 bits per heavy atom. The van der Waals surface area contributed by atoms with Gasteiger partial charge >= 0.3 is 6.03 Å². The van der Waals surface area contributed by atoms with E-state index in [0.29, 0.717) is 18.2 Å². The van der Waals surface area contributed by atoms with Gasteiger partial charge in [0.05, 0.1) is 11.5 Å². The lowest BCUT2D eigenvalue weighted by atomic mass is 10.2. The number of carbonyl (C=O) groups excluding carboxylic acids is 1. The second kappa shape index (κ2) is 8.42. The Labute approximate surface area is 152 Å². The van der Waals surface area contributed by atoms with E-state index >= 15 is 0 Å². The first kappa shape index (κ1) is 17.8. The normalized spacial score (nSPS) is 16.6. The van der Waals surface area contributed by atoms with Crippen molar-refractivity contribution in [2.24, 2.45) is 0 Å². The van der Waals surface area contributed by atoms with Crippen LogP contribution in [0.2, 0.25) is 0 Å². The molecule has 0 saturated carbocycles. The van der Waals surface area contributed by atoms with E-state index in [4.69, 9.17) is 0 Å². The third-order valence-corrected chi connectivity index (χ3v) is 5.54. The first-order valence-electron chi connectivity index (χ1n) is 8.63. The van der Waals surface area contributed by atoms with Gasteiger partial charge in [-0.15, -0.1) is 0 Å². The fourth-order valence-corrected chi connectivity index (χ4v) is 3.84. The number of aliphatic hydroxyl groups is 1. The standard InChI is InChI=1S/C18H24N4O2S/c1-2-15(13-23)21-8-10-22(11-9-21)18(24)20-17-19-12-16(25-17)14-6-4-3-5-7-14/h3-7,12,15,23H,2,8-11,13H2,1H3,(H,19,20,24)/t15-/m0/s1. The summed E-state index contributed by atoms with van der Waals surface area (Å²) in [7, 11) is 0. The van der Waals surface area contributed by atoms with Crippen molar-refractivity contribution in [2.75, 3.05) is 38.1 Å². The van der Waals surface area contributed by atoms with Crippen LogP contribution in [0.25, 0.3) is 10.4 Å². The van der Waals surface area contributed by atoms with Gasteiger partial charge in [-0.25, -0.2) is 9.78 Å². The lowest BCUT2D eigenvalue weighted by Crippen LogP contribution is -2.53. The lowest BCUT2D eigenvalue weighted by molar-refractivity contribution is 0.0766. The quantitative estimate of drug-likeness (QED) is 0.860. The van der Waals surface area contributed by atoms with Gasteiger partial charge in [-0.2, -0.15) is 0 Å². The minimum Gasteiger partial charge on any atom is -0.395 e. The number of benzene rings is 1. The van der Waals surface area contributed by atoms with Crippen molar-refractivity contribution in [2.45, 2.75) is 19.4 Å². The van der Waals surface area contributed by atoms with Gasteiger partial charge in [-0.3, -0.25) is 10.2 Å². The molecule has 2 heterocycles. The molecule has 1 aliphatic heterocycles. The van der Waals surface area contributed by atoms with E-state index in [1.54, 1.807) is 6.20 Å². The maximum absolute atomic E-state index is 12.4. The van der Waals surface area contributed by atoms with Crippen LogP contribution in [0.3, 0.4) is 0 Å². The average molecular weight is 360 g/mol. The number of piperazine rings is 1. The second-order valence-electron chi connectivity index (χ2n) is 6.09. The molecule has 25 heavy (non-hydrogen) atoms. The highest BCUT2D eigenvalue weighted by atomic mass is 32.1. The van der Waals surface area contributed by atoms with Crippen LogP contribution in [0.15, 0.2) is 36.5 Å². The molecule has 0 radical (unpaired) electrons. The molecule has 0 spiro atoms. The minimum absolute atomic E-state index is 0.106. The summed E-state index contributed by atoms with van der Waals surface area (Å²) < 4.78 is 0. The van der Waals surface area contributed by atoms with Gasteiger partial charge in [0, 0.05) is 38.4 Å². The van der Waals surface area contributed by atoms with Crippen LogP contribution < -0.4 is 5.32 Å². The van der Waals surface area contributed by atoms with Gasteiger partial charge in [0.2, 0.25) is 0 Å². The zero-order chi connectivity index (χ0) is 17.6. The molecule has 1 aliphatic rings. The molecule has 2 amide bonds. The molecular weight excluding hydrogens is 336 g/mol. The third-order valence-electron chi connectivity index (χ3n) is 4.58. The van der Waals surface area contributed by atoms with Crippen molar-refractivity contribution in [1.82, 2.24) is 14.8 Å². The Morgan fingerprint density at radius 3 is 2.64 bits per heavy atom. The summed E-state index contributed by atoms with van der Waals surface area (Å²) in [6, 6.07) is 10.1. The zero-order valence-corrected chi connectivity index (χ0v) is 15.2. The molecule has 134 valence electrons. The number of anilines is 1. The SMILES string of the molecule is CC[C@@H](CO)N1CCN(C(=O)Nc2ncc(-c3ccccc3)s2)CC1. The van der Waals surface area contributed by atoms with Gasteiger partial charge < -0.3 is 10.0 Å². The summed E-state index contributed by atoms with van der Waals surface area (Å²) in [6.07, 6.45) is 2.71. The van der Waals surface area contributed by atoms with Crippen molar-refractivity contribution >= 4 is 22.5 Å². The second-order valence-corrected chi connectivity index (χ2v) is 7.12. The van der Waals surface area contributed by atoms with Crippen molar-refractivity contribution in [3.63, 3.8) is 0 Å². The van der Waals surface area contributed by atoms with Crippen LogP contribution in [0.5, 0.6) is 0 Å². The highest BCUT2D eigenvalue weighted by Crippen LogP contribution is 2.28. The highest BCUT2D eigenvalue weighted by molar-refractivity contribution is 7.19. The lowest BCUT2D eigenvalue weighted by Gasteiger charge is -2.38. The number of nitrogens with zero attached hydrogens (tertiary/aromatic N) is 3. The Morgan fingerprint density at radius 1 is 1.28 bits per heavy atom. The molecule has 1 aromatic carbocycles. The molecule has 3 rings (SSSR count). The van der Waals surface area contributed by atoms with Gasteiger partial charge in [-0.1, -0.05) is 48.6 Å². The summed E-state index contributed by atoms with van der Waals surface area (Å²) in [4.78, 5) is 21.9. The predicted octanol–water partition coefficient (Wildman–Crippen LogP) is 2.73. The van der Waals surface area contributed by atoms with Crippen LogP contribution in [0.4, 0.5) is 9.93 Å². The number of thiazole rings is 1. The van der Waals surface area contributed by atoms with Crippen LogP contribution in [0.1, 0.15) is 13.3 Å². The Bertz CT molecular complexity index is 679. The Hall–Kier alpha value is -1.96.